The van der Waals surface area contributed by atoms with Gasteiger partial charge in [-0.05, 0) is 18.9 Å². The Bertz CT molecular complexity index is 365. The smallest absolute Gasteiger partial charge is 0.193 e. The predicted octanol–water partition coefficient (Wildman–Crippen LogP) is 2.12. The van der Waals surface area contributed by atoms with E-state index in [1.165, 1.54) is 5.56 Å². The summed E-state index contributed by atoms with van der Waals surface area (Å²) in [5.74, 6) is 0.917. The minimum absolute atomic E-state index is 0.780. The van der Waals surface area contributed by atoms with Gasteiger partial charge in [-0.15, -0.1) is 0 Å². The molecule has 1 aromatic carbocycles. The summed E-state index contributed by atoms with van der Waals surface area (Å²) in [4.78, 5) is 6.41. The van der Waals surface area contributed by atoms with Gasteiger partial charge in [0.05, 0.1) is 0 Å². The topological polar surface area (TPSA) is 36.9 Å². The number of nitrogens with one attached hydrogen (secondary N) is 1. The fourth-order valence-electron chi connectivity index (χ4n) is 1.84. The Morgan fingerprint density at radius 3 is 2.68 bits per heavy atom. The first-order valence-electron chi connectivity index (χ1n) is 6.81. The second kappa shape index (κ2) is 9.39. The van der Waals surface area contributed by atoms with E-state index in [9.17, 15) is 0 Å². The van der Waals surface area contributed by atoms with Crippen LogP contribution in [0.2, 0.25) is 0 Å². The number of guanidine groups is 1. The van der Waals surface area contributed by atoms with Crippen LogP contribution in [0, 0.1) is 0 Å². The molecule has 1 N–H and O–H groups in total. The lowest BCUT2D eigenvalue weighted by Gasteiger charge is -2.22. The molecule has 0 radical (unpaired) electrons. The molecular formula is C15H25N3O. The lowest BCUT2D eigenvalue weighted by atomic mass is 10.2. The lowest BCUT2D eigenvalue weighted by molar-refractivity contribution is 0.145. The first kappa shape index (κ1) is 15.5. The molecule has 0 saturated heterocycles. The highest BCUT2D eigenvalue weighted by atomic mass is 16.5. The Morgan fingerprint density at radius 1 is 1.32 bits per heavy atom. The van der Waals surface area contributed by atoms with E-state index in [0.717, 1.165) is 38.7 Å². The first-order chi connectivity index (χ1) is 9.27. The maximum Gasteiger partial charge on any atom is 0.193 e. The van der Waals surface area contributed by atoms with Crippen molar-refractivity contribution in [2.75, 3.05) is 33.9 Å². The van der Waals surface area contributed by atoms with Crippen molar-refractivity contribution in [3.63, 3.8) is 0 Å². The maximum absolute atomic E-state index is 5.31. The van der Waals surface area contributed by atoms with E-state index in [-0.39, 0.29) is 0 Å². The van der Waals surface area contributed by atoms with Gasteiger partial charge in [-0.25, -0.2) is 0 Å². The van der Waals surface area contributed by atoms with Crippen LogP contribution in [0.1, 0.15) is 18.9 Å². The predicted molar refractivity (Wildman–Crippen MR) is 80.4 cm³/mol. The second-order valence-corrected chi connectivity index (χ2v) is 4.37. The third-order valence-corrected chi connectivity index (χ3v) is 2.79. The second-order valence-electron chi connectivity index (χ2n) is 4.37. The van der Waals surface area contributed by atoms with Crippen LogP contribution in [-0.2, 0) is 11.3 Å². The molecule has 0 bridgehead atoms. The van der Waals surface area contributed by atoms with E-state index in [1.54, 1.807) is 0 Å². The van der Waals surface area contributed by atoms with E-state index in [4.69, 9.17) is 4.74 Å². The van der Waals surface area contributed by atoms with Crippen LogP contribution in [0.3, 0.4) is 0 Å². The molecule has 0 aliphatic heterocycles. The number of aliphatic imine (C=N–C) groups is 1. The van der Waals surface area contributed by atoms with E-state index in [0.29, 0.717) is 0 Å². The summed E-state index contributed by atoms with van der Waals surface area (Å²) < 4.78 is 5.31. The molecule has 0 heterocycles. The molecular weight excluding hydrogens is 238 g/mol. The zero-order valence-corrected chi connectivity index (χ0v) is 12.2. The van der Waals surface area contributed by atoms with Crippen LogP contribution < -0.4 is 5.32 Å². The molecule has 19 heavy (non-hydrogen) atoms. The molecule has 0 aliphatic carbocycles. The Labute approximate surface area is 116 Å². The highest BCUT2D eigenvalue weighted by molar-refractivity contribution is 5.79. The first-order valence-corrected chi connectivity index (χ1v) is 6.81. The van der Waals surface area contributed by atoms with Crippen LogP contribution in [-0.4, -0.2) is 44.7 Å². The molecule has 1 aromatic rings. The largest absolute Gasteiger partial charge is 0.382 e. The molecule has 0 spiro atoms. The summed E-state index contributed by atoms with van der Waals surface area (Å²) in [7, 11) is 3.86. The molecule has 0 saturated carbocycles. The van der Waals surface area contributed by atoms with Crippen molar-refractivity contribution in [3.8, 4) is 0 Å². The number of rotatable bonds is 7. The van der Waals surface area contributed by atoms with Crippen LogP contribution >= 0.6 is 0 Å². The molecule has 4 heteroatoms. The molecule has 4 nitrogen and oxygen atoms in total. The number of ether oxygens (including phenoxy) is 1. The molecule has 0 amide bonds. The SMILES string of the molecule is CCOCCCNC(=NC)N(C)Cc1ccccc1. The molecule has 0 aromatic heterocycles. The number of nitrogens with zero attached hydrogens (tertiary/aromatic N) is 2. The van der Waals surface area contributed by atoms with Gasteiger partial charge in [0.15, 0.2) is 5.96 Å². The van der Waals surface area contributed by atoms with Crippen LogP contribution in [0.25, 0.3) is 0 Å². The van der Waals surface area contributed by atoms with Crippen molar-refractivity contribution in [3.05, 3.63) is 35.9 Å². The van der Waals surface area contributed by atoms with Crippen molar-refractivity contribution >= 4 is 5.96 Å². The summed E-state index contributed by atoms with van der Waals surface area (Å²) in [5, 5.41) is 3.34. The summed E-state index contributed by atoms with van der Waals surface area (Å²) in [6.07, 6.45) is 0.992. The Hall–Kier alpha value is -1.55. The van der Waals surface area contributed by atoms with Gasteiger partial charge >= 0.3 is 0 Å². The minimum Gasteiger partial charge on any atom is -0.382 e. The molecule has 0 fully saturated rings. The molecule has 0 aliphatic rings. The highest BCUT2D eigenvalue weighted by Crippen LogP contribution is 2.02. The van der Waals surface area contributed by atoms with Crippen LogP contribution in [0.5, 0.6) is 0 Å². The number of hydrogen-bond donors (Lipinski definition) is 1. The molecule has 0 atom stereocenters. The fourth-order valence-corrected chi connectivity index (χ4v) is 1.84. The van der Waals surface area contributed by atoms with Gasteiger partial charge in [0, 0.05) is 40.4 Å². The summed E-state index contributed by atoms with van der Waals surface area (Å²) in [6.45, 7) is 5.32. The third-order valence-electron chi connectivity index (χ3n) is 2.79. The Morgan fingerprint density at radius 2 is 2.05 bits per heavy atom. The van der Waals surface area contributed by atoms with E-state index >= 15 is 0 Å². The van der Waals surface area contributed by atoms with Gasteiger partial charge in [0.25, 0.3) is 0 Å². The number of benzene rings is 1. The van der Waals surface area contributed by atoms with E-state index in [1.807, 2.05) is 27.1 Å². The van der Waals surface area contributed by atoms with Gasteiger partial charge in [0.2, 0.25) is 0 Å². The van der Waals surface area contributed by atoms with Gasteiger partial charge in [-0.2, -0.15) is 0 Å². The quantitative estimate of drug-likeness (QED) is 0.465. The minimum atomic E-state index is 0.780. The monoisotopic (exact) mass is 263 g/mol. The number of hydrogen-bond acceptors (Lipinski definition) is 2. The summed E-state index contributed by atoms with van der Waals surface area (Å²) in [5.41, 5.74) is 1.28. The average Bonchev–Trinajstić information content (AvgIpc) is 2.44. The maximum atomic E-state index is 5.31. The fraction of sp³-hybridized carbons (Fsp3) is 0.533. The van der Waals surface area contributed by atoms with Crippen molar-refractivity contribution in [1.29, 1.82) is 0 Å². The van der Waals surface area contributed by atoms with Crippen molar-refractivity contribution in [1.82, 2.24) is 10.2 Å². The third kappa shape index (κ3) is 6.25. The molecule has 1 rings (SSSR count). The Kier molecular flexibility index (Phi) is 7.66. The standard InChI is InChI=1S/C15H25N3O/c1-4-19-12-8-11-17-15(16-2)18(3)13-14-9-6-5-7-10-14/h5-7,9-10H,4,8,11-13H2,1-3H3,(H,16,17). The molecule has 106 valence electrons. The van der Waals surface area contributed by atoms with Crippen LogP contribution in [0.15, 0.2) is 35.3 Å². The van der Waals surface area contributed by atoms with Gasteiger partial charge < -0.3 is 15.0 Å². The van der Waals surface area contributed by atoms with Crippen molar-refractivity contribution in [2.24, 2.45) is 4.99 Å². The van der Waals surface area contributed by atoms with Gasteiger partial charge in [-0.1, -0.05) is 30.3 Å². The summed E-state index contributed by atoms with van der Waals surface area (Å²) >= 11 is 0. The van der Waals surface area contributed by atoms with Crippen LogP contribution in [0.4, 0.5) is 0 Å². The zero-order valence-electron chi connectivity index (χ0n) is 12.2. The Balaban J connectivity index is 2.34. The zero-order chi connectivity index (χ0) is 13.9. The van der Waals surface area contributed by atoms with Gasteiger partial charge in [-0.3, -0.25) is 4.99 Å². The highest BCUT2D eigenvalue weighted by Gasteiger charge is 2.05. The lowest BCUT2D eigenvalue weighted by Crippen LogP contribution is -2.39. The van der Waals surface area contributed by atoms with Crippen molar-refractivity contribution in [2.45, 2.75) is 19.9 Å². The summed E-state index contributed by atoms with van der Waals surface area (Å²) in [6, 6.07) is 10.4. The van der Waals surface area contributed by atoms with E-state index < -0.39 is 0 Å². The van der Waals surface area contributed by atoms with Gasteiger partial charge in [0.1, 0.15) is 0 Å². The molecule has 0 unspecified atom stereocenters. The normalized spacial score (nSPS) is 11.4. The average molecular weight is 263 g/mol. The van der Waals surface area contributed by atoms with E-state index in [2.05, 4.69) is 39.5 Å². The van der Waals surface area contributed by atoms with Crippen molar-refractivity contribution < 1.29 is 4.74 Å².